The number of nitrogens with zero attached hydrogens (tertiary/aromatic N) is 1. The van der Waals surface area contributed by atoms with E-state index in [1.807, 2.05) is 43.5 Å². The SMILES string of the molecule is CCOc1ccc(-c2csc(NC(=O)c3occc3C)n2)cc1. The molecule has 23 heavy (non-hydrogen) atoms. The number of carbonyl (C=O) groups excluding carboxylic acids is 1. The predicted octanol–water partition coefficient (Wildman–Crippen LogP) is 4.36. The van der Waals surface area contributed by atoms with Gasteiger partial charge in [0, 0.05) is 16.5 Å². The van der Waals surface area contributed by atoms with E-state index in [9.17, 15) is 4.79 Å². The number of hydrogen-bond acceptors (Lipinski definition) is 5. The molecule has 0 aliphatic rings. The Balaban J connectivity index is 1.73. The van der Waals surface area contributed by atoms with Crippen molar-refractivity contribution in [1.82, 2.24) is 4.98 Å². The molecule has 0 saturated carbocycles. The molecule has 0 aliphatic heterocycles. The minimum atomic E-state index is -0.292. The number of ether oxygens (including phenoxy) is 1. The van der Waals surface area contributed by atoms with Crippen LogP contribution in [0.1, 0.15) is 23.0 Å². The van der Waals surface area contributed by atoms with Crippen LogP contribution < -0.4 is 10.1 Å². The van der Waals surface area contributed by atoms with Crippen molar-refractivity contribution in [1.29, 1.82) is 0 Å². The molecule has 118 valence electrons. The largest absolute Gasteiger partial charge is 0.494 e. The molecule has 6 heteroatoms. The number of hydrogen-bond donors (Lipinski definition) is 1. The number of thiazole rings is 1. The lowest BCUT2D eigenvalue weighted by molar-refractivity contribution is 0.0996. The van der Waals surface area contributed by atoms with Gasteiger partial charge in [-0.15, -0.1) is 11.3 Å². The van der Waals surface area contributed by atoms with Crippen molar-refractivity contribution in [3.8, 4) is 17.0 Å². The highest BCUT2D eigenvalue weighted by Gasteiger charge is 2.14. The van der Waals surface area contributed by atoms with Gasteiger partial charge in [-0.3, -0.25) is 10.1 Å². The Hall–Kier alpha value is -2.60. The summed E-state index contributed by atoms with van der Waals surface area (Å²) in [6.07, 6.45) is 1.50. The Morgan fingerprint density at radius 2 is 2.09 bits per heavy atom. The lowest BCUT2D eigenvalue weighted by Crippen LogP contribution is -2.11. The molecular weight excluding hydrogens is 312 g/mol. The topological polar surface area (TPSA) is 64.4 Å². The van der Waals surface area contributed by atoms with Crippen LogP contribution in [0.3, 0.4) is 0 Å². The molecule has 0 saturated heterocycles. The summed E-state index contributed by atoms with van der Waals surface area (Å²) in [5.74, 6) is 0.844. The summed E-state index contributed by atoms with van der Waals surface area (Å²) in [7, 11) is 0. The number of aromatic nitrogens is 1. The third kappa shape index (κ3) is 3.43. The highest BCUT2D eigenvalue weighted by Crippen LogP contribution is 2.27. The minimum Gasteiger partial charge on any atom is -0.494 e. The van der Waals surface area contributed by atoms with Gasteiger partial charge in [-0.05, 0) is 44.2 Å². The van der Waals surface area contributed by atoms with Gasteiger partial charge in [0.25, 0.3) is 5.91 Å². The van der Waals surface area contributed by atoms with Crippen LogP contribution in [0.4, 0.5) is 5.13 Å². The molecule has 2 heterocycles. The molecule has 5 nitrogen and oxygen atoms in total. The number of rotatable bonds is 5. The Labute approximate surface area is 137 Å². The van der Waals surface area contributed by atoms with E-state index in [2.05, 4.69) is 10.3 Å². The third-order valence-corrected chi connectivity index (χ3v) is 4.01. The van der Waals surface area contributed by atoms with Crippen LogP contribution in [0.5, 0.6) is 5.75 Å². The van der Waals surface area contributed by atoms with Crippen molar-refractivity contribution in [2.75, 3.05) is 11.9 Å². The molecule has 1 aromatic carbocycles. The first-order valence-corrected chi connectivity index (χ1v) is 8.09. The Kier molecular flexibility index (Phi) is 4.43. The highest BCUT2D eigenvalue weighted by atomic mass is 32.1. The van der Waals surface area contributed by atoms with Crippen LogP contribution in [-0.2, 0) is 0 Å². The van der Waals surface area contributed by atoms with Gasteiger partial charge in [0.15, 0.2) is 10.9 Å². The number of aryl methyl sites for hydroxylation is 1. The number of carbonyl (C=O) groups is 1. The van der Waals surface area contributed by atoms with Crippen molar-refractivity contribution in [2.45, 2.75) is 13.8 Å². The molecule has 0 bridgehead atoms. The summed E-state index contributed by atoms with van der Waals surface area (Å²) in [6.45, 7) is 4.41. The zero-order valence-corrected chi connectivity index (χ0v) is 13.6. The van der Waals surface area contributed by atoms with Gasteiger partial charge in [-0.1, -0.05) is 0 Å². The van der Waals surface area contributed by atoms with E-state index in [-0.39, 0.29) is 5.91 Å². The lowest BCUT2D eigenvalue weighted by atomic mass is 10.2. The fourth-order valence-electron chi connectivity index (χ4n) is 2.11. The lowest BCUT2D eigenvalue weighted by Gasteiger charge is -2.03. The molecule has 3 rings (SSSR count). The van der Waals surface area contributed by atoms with Crippen molar-refractivity contribution < 1.29 is 13.9 Å². The maximum atomic E-state index is 12.1. The van der Waals surface area contributed by atoms with E-state index < -0.39 is 0 Å². The Bertz CT molecular complexity index is 805. The van der Waals surface area contributed by atoms with E-state index in [0.29, 0.717) is 17.5 Å². The van der Waals surface area contributed by atoms with Gasteiger partial charge in [-0.25, -0.2) is 4.98 Å². The van der Waals surface area contributed by atoms with Gasteiger partial charge < -0.3 is 9.15 Å². The van der Waals surface area contributed by atoms with Crippen molar-refractivity contribution >= 4 is 22.4 Å². The summed E-state index contributed by atoms with van der Waals surface area (Å²) in [4.78, 5) is 16.5. The van der Waals surface area contributed by atoms with Crippen LogP contribution in [0.25, 0.3) is 11.3 Å². The number of anilines is 1. The summed E-state index contributed by atoms with van der Waals surface area (Å²) in [5, 5.41) is 5.20. The molecule has 0 radical (unpaired) electrons. The van der Waals surface area contributed by atoms with Crippen LogP contribution in [0, 0.1) is 6.92 Å². The Morgan fingerprint density at radius 1 is 1.30 bits per heavy atom. The molecule has 2 aromatic heterocycles. The van der Waals surface area contributed by atoms with E-state index in [1.54, 1.807) is 6.07 Å². The van der Waals surface area contributed by atoms with Crippen LogP contribution in [-0.4, -0.2) is 17.5 Å². The van der Waals surface area contributed by atoms with Gasteiger partial charge in [0.1, 0.15) is 5.75 Å². The van der Waals surface area contributed by atoms with Crippen molar-refractivity contribution in [2.24, 2.45) is 0 Å². The van der Waals surface area contributed by atoms with Crippen LogP contribution >= 0.6 is 11.3 Å². The molecule has 1 N–H and O–H groups in total. The molecule has 3 aromatic rings. The maximum Gasteiger partial charge on any atom is 0.293 e. The first kappa shape index (κ1) is 15.3. The molecule has 1 amide bonds. The Morgan fingerprint density at radius 3 is 2.74 bits per heavy atom. The second-order valence-electron chi connectivity index (χ2n) is 4.88. The maximum absolute atomic E-state index is 12.1. The van der Waals surface area contributed by atoms with Crippen molar-refractivity contribution in [3.63, 3.8) is 0 Å². The van der Waals surface area contributed by atoms with Gasteiger partial charge in [-0.2, -0.15) is 0 Å². The van der Waals surface area contributed by atoms with E-state index in [1.165, 1.54) is 17.6 Å². The summed E-state index contributed by atoms with van der Waals surface area (Å²) < 4.78 is 10.6. The smallest absolute Gasteiger partial charge is 0.293 e. The summed E-state index contributed by atoms with van der Waals surface area (Å²) in [6, 6.07) is 9.46. The average molecular weight is 328 g/mol. The highest BCUT2D eigenvalue weighted by molar-refractivity contribution is 7.14. The standard InChI is InChI=1S/C17H16N2O3S/c1-3-21-13-6-4-12(5-7-13)14-10-23-17(18-14)19-16(20)15-11(2)8-9-22-15/h4-10H,3H2,1-2H3,(H,18,19,20). The van der Waals surface area contributed by atoms with E-state index in [4.69, 9.17) is 9.15 Å². The number of amides is 1. The second-order valence-corrected chi connectivity index (χ2v) is 5.74. The third-order valence-electron chi connectivity index (χ3n) is 3.25. The van der Waals surface area contributed by atoms with E-state index in [0.717, 1.165) is 22.6 Å². The first-order valence-electron chi connectivity index (χ1n) is 7.21. The monoisotopic (exact) mass is 328 g/mol. The zero-order valence-electron chi connectivity index (χ0n) is 12.8. The van der Waals surface area contributed by atoms with Gasteiger partial charge in [0.2, 0.25) is 0 Å². The fourth-order valence-corrected chi connectivity index (χ4v) is 2.83. The van der Waals surface area contributed by atoms with E-state index >= 15 is 0 Å². The molecular formula is C17H16N2O3S. The van der Waals surface area contributed by atoms with Gasteiger partial charge in [0.05, 0.1) is 18.6 Å². The van der Waals surface area contributed by atoms with Crippen LogP contribution in [0.2, 0.25) is 0 Å². The molecule has 0 spiro atoms. The zero-order chi connectivity index (χ0) is 16.2. The molecule has 0 unspecified atom stereocenters. The van der Waals surface area contributed by atoms with Crippen molar-refractivity contribution in [3.05, 3.63) is 53.3 Å². The molecule has 0 aliphatic carbocycles. The second kappa shape index (κ2) is 6.66. The predicted molar refractivity (Wildman–Crippen MR) is 90.1 cm³/mol. The first-order chi connectivity index (χ1) is 11.2. The number of furan rings is 1. The summed E-state index contributed by atoms with van der Waals surface area (Å²) in [5.41, 5.74) is 2.58. The van der Waals surface area contributed by atoms with Gasteiger partial charge >= 0.3 is 0 Å². The van der Waals surface area contributed by atoms with Crippen LogP contribution in [0.15, 0.2) is 46.4 Å². The fraction of sp³-hybridized carbons (Fsp3) is 0.176. The average Bonchev–Trinajstić information content (AvgIpc) is 3.17. The molecule has 0 atom stereocenters. The molecule has 0 fully saturated rings. The quantitative estimate of drug-likeness (QED) is 0.755. The normalized spacial score (nSPS) is 10.5. The number of benzene rings is 1. The minimum absolute atomic E-state index is 0.292. The summed E-state index contributed by atoms with van der Waals surface area (Å²) >= 11 is 1.37. The number of nitrogens with one attached hydrogen (secondary N) is 1.